The first-order valence-electron chi connectivity index (χ1n) is 7.04. The lowest BCUT2D eigenvalue weighted by molar-refractivity contribution is 0.202. The molecule has 1 fully saturated rings. The average Bonchev–Trinajstić information content (AvgIpc) is 2.53. The van der Waals surface area contributed by atoms with Crippen molar-refractivity contribution in [1.82, 2.24) is 14.5 Å². The number of thioether (sulfide) groups is 1. The highest BCUT2D eigenvalue weighted by molar-refractivity contribution is 7.99. The maximum atomic E-state index is 12.3. The van der Waals surface area contributed by atoms with Gasteiger partial charge >= 0.3 is 6.03 Å². The van der Waals surface area contributed by atoms with Gasteiger partial charge < -0.3 is 10.2 Å². The van der Waals surface area contributed by atoms with Crippen LogP contribution in [0.25, 0.3) is 0 Å². The number of benzene rings is 1. The third-order valence-electron chi connectivity index (χ3n) is 3.46. The van der Waals surface area contributed by atoms with Crippen molar-refractivity contribution in [2.24, 2.45) is 0 Å². The Morgan fingerprint density at radius 3 is 2.55 bits per heavy atom. The smallest absolute Gasteiger partial charge is 0.317 e. The maximum absolute atomic E-state index is 12.3. The Morgan fingerprint density at radius 1 is 1.27 bits per heavy atom. The molecule has 22 heavy (non-hydrogen) atoms. The zero-order valence-corrected chi connectivity index (χ0v) is 14.4. The Labute approximate surface area is 135 Å². The lowest BCUT2D eigenvalue weighted by Gasteiger charge is -2.26. The van der Waals surface area contributed by atoms with E-state index in [1.54, 1.807) is 29.2 Å². The predicted molar refractivity (Wildman–Crippen MR) is 88.4 cm³/mol. The van der Waals surface area contributed by atoms with Gasteiger partial charge in [-0.3, -0.25) is 0 Å². The van der Waals surface area contributed by atoms with Crippen molar-refractivity contribution in [3.05, 3.63) is 29.8 Å². The third kappa shape index (κ3) is 3.93. The molecule has 0 saturated carbocycles. The molecule has 1 aromatic carbocycles. The molecule has 2 amide bonds. The van der Waals surface area contributed by atoms with Crippen LogP contribution in [-0.2, 0) is 16.6 Å². The molecule has 1 aliphatic rings. The van der Waals surface area contributed by atoms with E-state index in [4.69, 9.17) is 0 Å². The number of carbonyl (C=O) groups is 1. The number of nitrogens with zero attached hydrogens (tertiary/aromatic N) is 2. The van der Waals surface area contributed by atoms with Crippen molar-refractivity contribution in [3.8, 4) is 0 Å². The Balaban J connectivity index is 2.09. The number of amides is 2. The lowest BCUT2D eigenvalue weighted by atomic mass is 10.2. The minimum Gasteiger partial charge on any atom is -0.334 e. The highest BCUT2D eigenvalue weighted by atomic mass is 32.2. The molecule has 0 aromatic heterocycles. The monoisotopic (exact) mass is 343 g/mol. The molecule has 0 radical (unpaired) electrons. The van der Waals surface area contributed by atoms with Gasteiger partial charge in [-0.25, -0.2) is 17.5 Å². The molecule has 0 atom stereocenters. The largest absolute Gasteiger partial charge is 0.334 e. The highest BCUT2D eigenvalue weighted by Crippen LogP contribution is 2.18. The quantitative estimate of drug-likeness (QED) is 0.892. The highest BCUT2D eigenvalue weighted by Gasteiger charge is 2.22. The number of urea groups is 1. The van der Waals surface area contributed by atoms with E-state index in [1.165, 1.54) is 18.4 Å². The molecule has 2 rings (SSSR count). The zero-order valence-electron chi connectivity index (χ0n) is 12.8. The minimum absolute atomic E-state index is 0.141. The fraction of sp³-hybridized carbons (Fsp3) is 0.500. The summed E-state index contributed by atoms with van der Waals surface area (Å²) in [6.45, 7) is 1.66. The normalized spacial score (nSPS) is 15.9. The SMILES string of the molecule is CN(C)S(=O)(=O)c1ccccc1CNC(=O)N1CCSCC1. The van der Waals surface area contributed by atoms with Gasteiger partial charge in [0.05, 0.1) is 4.90 Å². The molecular formula is C14H21N3O3S2. The second-order valence-electron chi connectivity index (χ2n) is 5.15. The van der Waals surface area contributed by atoms with E-state index in [0.29, 0.717) is 5.56 Å². The summed E-state index contributed by atoms with van der Waals surface area (Å²) in [6.07, 6.45) is 0. The van der Waals surface area contributed by atoms with Gasteiger partial charge in [0.1, 0.15) is 0 Å². The van der Waals surface area contributed by atoms with E-state index in [2.05, 4.69) is 5.32 Å². The van der Waals surface area contributed by atoms with Gasteiger partial charge in [0.15, 0.2) is 0 Å². The predicted octanol–water partition coefficient (Wildman–Crippen LogP) is 1.20. The van der Waals surface area contributed by atoms with E-state index >= 15 is 0 Å². The first kappa shape index (κ1) is 17.1. The number of carbonyl (C=O) groups excluding carboxylic acids is 1. The topological polar surface area (TPSA) is 69.7 Å². The summed E-state index contributed by atoms with van der Waals surface area (Å²) >= 11 is 1.83. The van der Waals surface area contributed by atoms with Crippen LogP contribution in [0.15, 0.2) is 29.2 Å². The second kappa shape index (κ2) is 7.34. The molecule has 1 N–H and O–H groups in total. The molecule has 1 heterocycles. The van der Waals surface area contributed by atoms with E-state index in [9.17, 15) is 13.2 Å². The van der Waals surface area contributed by atoms with Gasteiger partial charge in [-0.15, -0.1) is 0 Å². The Bertz CT molecular complexity index is 626. The van der Waals surface area contributed by atoms with Crippen LogP contribution in [0.1, 0.15) is 5.56 Å². The van der Waals surface area contributed by atoms with Gasteiger partial charge in [-0.05, 0) is 11.6 Å². The number of rotatable bonds is 4. The number of sulfonamides is 1. The summed E-state index contributed by atoms with van der Waals surface area (Å²) in [6, 6.07) is 6.60. The van der Waals surface area contributed by atoms with Gasteiger partial charge in [-0.1, -0.05) is 18.2 Å². The van der Waals surface area contributed by atoms with Crippen LogP contribution in [-0.4, -0.2) is 62.3 Å². The van der Waals surface area contributed by atoms with Gasteiger partial charge in [-0.2, -0.15) is 11.8 Å². The Hall–Kier alpha value is -1.25. The summed E-state index contributed by atoms with van der Waals surface area (Å²) in [4.78, 5) is 14.1. The van der Waals surface area contributed by atoms with Crippen molar-refractivity contribution in [2.75, 3.05) is 38.7 Å². The van der Waals surface area contributed by atoms with Crippen LogP contribution in [0.2, 0.25) is 0 Å². The van der Waals surface area contributed by atoms with Crippen LogP contribution < -0.4 is 5.32 Å². The van der Waals surface area contributed by atoms with Crippen LogP contribution in [0.5, 0.6) is 0 Å². The van der Waals surface area contributed by atoms with Gasteiger partial charge in [0, 0.05) is 45.2 Å². The molecule has 0 aliphatic carbocycles. The number of nitrogens with one attached hydrogen (secondary N) is 1. The average molecular weight is 343 g/mol. The first-order valence-corrected chi connectivity index (χ1v) is 9.63. The maximum Gasteiger partial charge on any atom is 0.317 e. The zero-order chi connectivity index (χ0) is 16.2. The van der Waals surface area contributed by atoms with E-state index in [1.807, 2.05) is 11.8 Å². The van der Waals surface area contributed by atoms with E-state index in [0.717, 1.165) is 24.6 Å². The van der Waals surface area contributed by atoms with E-state index < -0.39 is 10.0 Å². The molecule has 122 valence electrons. The van der Waals surface area contributed by atoms with Gasteiger partial charge in [0.25, 0.3) is 0 Å². The standard InChI is InChI=1S/C14H21N3O3S2/c1-16(2)22(19,20)13-6-4-3-5-12(13)11-15-14(18)17-7-9-21-10-8-17/h3-6H,7-11H2,1-2H3,(H,15,18). The van der Waals surface area contributed by atoms with Crippen molar-refractivity contribution >= 4 is 27.8 Å². The summed E-state index contributed by atoms with van der Waals surface area (Å²) in [5.74, 6) is 1.89. The Kier molecular flexibility index (Phi) is 5.71. The van der Waals surface area contributed by atoms with Crippen molar-refractivity contribution < 1.29 is 13.2 Å². The van der Waals surface area contributed by atoms with Crippen LogP contribution in [0.4, 0.5) is 4.79 Å². The molecule has 0 bridgehead atoms. The second-order valence-corrected chi connectivity index (χ2v) is 8.50. The number of hydrogen-bond donors (Lipinski definition) is 1. The third-order valence-corrected chi connectivity index (χ3v) is 6.32. The lowest BCUT2D eigenvalue weighted by Crippen LogP contribution is -2.44. The molecule has 6 nitrogen and oxygen atoms in total. The van der Waals surface area contributed by atoms with Gasteiger partial charge in [0.2, 0.25) is 10.0 Å². The van der Waals surface area contributed by atoms with Crippen molar-refractivity contribution in [3.63, 3.8) is 0 Å². The first-order chi connectivity index (χ1) is 10.4. The summed E-state index contributed by atoms with van der Waals surface area (Å²) in [7, 11) is -0.523. The molecular weight excluding hydrogens is 322 g/mol. The summed E-state index contributed by atoms with van der Waals surface area (Å²) < 4.78 is 25.8. The number of hydrogen-bond acceptors (Lipinski definition) is 4. The van der Waals surface area contributed by atoms with Crippen LogP contribution >= 0.6 is 11.8 Å². The molecule has 8 heteroatoms. The molecule has 1 saturated heterocycles. The summed E-state index contributed by atoms with van der Waals surface area (Å²) in [5.41, 5.74) is 0.593. The van der Waals surface area contributed by atoms with Crippen molar-refractivity contribution in [1.29, 1.82) is 0 Å². The minimum atomic E-state index is -3.52. The molecule has 0 spiro atoms. The van der Waals surface area contributed by atoms with Crippen LogP contribution in [0, 0.1) is 0 Å². The molecule has 0 unspecified atom stereocenters. The van der Waals surface area contributed by atoms with Crippen molar-refractivity contribution in [2.45, 2.75) is 11.4 Å². The van der Waals surface area contributed by atoms with E-state index in [-0.39, 0.29) is 17.5 Å². The Morgan fingerprint density at radius 2 is 1.91 bits per heavy atom. The fourth-order valence-corrected chi connectivity index (χ4v) is 4.17. The molecule has 1 aromatic rings. The summed E-state index contributed by atoms with van der Waals surface area (Å²) in [5, 5.41) is 2.81. The molecule has 1 aliphatic heterocycles. The van der Waals surface area contributed by atoms with Crippen LogP contribution in [0.3, 0.4) is 0 Å². The fourth-order valence-electron chi connectivity index (χ4n) is 2.15.